The highest BCUT2D eigenvalue weighted by Gasteiger charge is 2.25. The third kappa shape index (κ3) is 5.42. The molecule has 27 heavy (non-hydrogen) atoms. The smallest absolute Gasteiger partial charge is 0.222 e. The lowest BCUT2D eigenvalue weighted by Crippen LogP contribution is -2.35. The predicted octanol–water partition coefficient (Wildman–Crippen LogP) is 3.37. The maximum atomic E-state index is 12.5. The summed E-state index contributed by atoms with van der Waals surface area (Å²) in [6.45, 7) is 4.94. The third-order valence-corrected chi connectivity index (χ3v) is 6.05. The van der Waals surface area contributed by atoms with Crippen LogP contribution < -0.4 is 5.32 Å². The maximum absolute atomic E-state index is 12.5. The molecular formula is C20H27N3O3S. The molecule has 0 bridgehead atoms. The largest absolute Gasteiger partial charge is 0.361 e. The lowest BCUT2D eigenvalue weighted by Gasteiger charge is -2.21. The van der Waals surface area contributed by atoms with Crippen molar-refractivity contribution in [3.63, 3.8) is 0 Å². The van der Waals surface area contributed by atoms with Gasteiger partial charge in [-0.3, -0.25) is 9.59 Å². The van der Waals surface area contributed by atoms with Gasteiger partial charge in [0, 0.05) is 35.9 Å². The molecular weight excluding hydrogens is 362 g/mol. The number of nitrogens with one attached hydrogen (secondary N) is 1. The van der Waals surface area contributed by atoms with E-state index in [4.69, 9.17) is 4.52 Å². The predicted molar refractivity (Wildman–Crippen MR) is 104 cm³/mol. The van der Waals surface area contributed by atoms with Crippen molar-refractivity contribution < 1.29 is 14.1 Å². The number of carbonyl (C=O) groups is 2. The van der Waals surface area contributed by atoms with E-state index >= 15 is 0 Å². The van der Waals surface area contributed by atoms with E-state index in [9.17, 15) is 9.59 Å². The number of aromatic nitrogens is 1. The fraction of sp³-hybridized carbons (Fsp3) is 0.550. The Bertz CT molecular complexity index is 750. The maximum Gasteiger partial charge on any atom is 0.222 e. The van der Waals surface area contributed by atoms with Crippen LogP contribution in [-0.2, 0) is 22.6 Å². The van der Waals surface area contributed by atoms with Crippen LogP contribution in [0.15, 0.2) is 22.0 Å². The van der Waals surface area contributed by atoms with Crippen molar-refractivity contribution in [3.05, 3.63) is 39.4 Å². The first-order valence-electron chi connectivity index (χ1n) is 9.54. The summed E-state index contributed by atoms with van der Waals surface area (Å²) in [5, 5.41) is 9.14. The highest BCUT2D eigenvalue weighted by atomic mass is 32.1. The summed E-state index contributed by atoms with van der Waals surface area (Å²) in [5.74, 6) is 0.979. The number of rotatable bonds is 7. The Kier molecular flexibility index (Phi) is 6.66. The molecule has 1 atom stereocenters. The van der Waals surface area contributed by atoms with E-state index in [0.29, 0.717) is 32.4 Å². The van der Waals surface area contributed by atoms with E-state index in [1.807, 2.05) is 24.8 Å². The van der Waals surface area contributed by atoms with Gasteiger partial charge >= 0.3 is 0 Å². The molecule has 3 heterocycles. The summed E-state index contributed by atoms with van der Waals surface area (Å²) in [7, 11) is 0. The Morgan fingerprint density at radius 3 is 2.96 bits per heavy atom. The van der Waals surface area contributed by atoms with Gasteiger partial charge in [-0.1, -0.05) is 11.2 Å². The van der Waals surface area contributed by atoms with E-state index in [0.717, 1.165) is 36.3 Å². The molecule has 0 spiro atoms. The number of aryl methyl sites for hydroxylation is 3. The topological polar surface area (TPSA) is 75.4 Å². The second-order valence-corrected chi connectivity index (χ2v) is 8.17. The minimum Gasteiger partial charge on any atom is -0.361 e. The Labute approximate surface area is 163 Å². The zero-order valence-corrected chi connectivity index (χ0v) is 16.8. The second-order valence-electron chi connectivity index (χ2n) is 7.14. The minimum atomic E-state index is 0.0675. The molecule has 2 aromatic rings. The van der Waals surface area contributed by atoms with Crippen molar-refractivity contribution in [1.29, 1.82) is 0 Å². The standard InChI is InChI=1S/C20H27N3O3S/c1-14-18(15(2)26-22-14)13-23-11-10-16(8-9-20(23)25)21-19(24)7-3-5-17-6-4-12-27-17/h4,6,12,16H,3,5,7-11,13H2,1-2H3,(H,21,24). The SMILES string of the molecule is Cc1noc(C)c1CN1CCC(NC(=O)CCCc2cccs2)CCC1=O. The number of hydrogen-bond donors (Lipinski definition) is 1. The summed E-state index contributed by atoms with van der Waals surface area (Å²) in [6.07, 6.45) is 4.28. The van der Waals surface area contributed by atoms with Crippen LogP contribution in [0.3, 0.4) is 0 Å². The summed E-state index contributed by atoms with van der Waals surface area (Å²) in [5.41, 5.74) is 1.82. The monoisotopic (exact) mass is 389 g/mol. The first-order chi connectivity index (χ1) is 13.0. The normalized spacial score (nSPS) is 17.8. The van der Waals surface area contributed by atoms with Gasteiger partial charge in [0.15, 0.2) is 0 Å². The molecule has 0 aromatic carbocycles. The molecule has 1 unspecified atom stereocenters. The Balaban J connectivity index is 1.45. The Morgan fingerprint density at radius 1 is 1.41 bits per heavy atom. The molecule has 6 nitrogen and oxygen atoms in total. The highest BCUT2D eigenvalue weighted by Crippen LogP contribution is 2.19. The molecule has 0 aliphatic carbocycles. The molecule has 1 aliphatic rings. The number of nitrogens with zero attached hydrogens (tertiary/aromatic N) is 2. The van der Waals surface area contributed by atoms with Crippen molar-refractivity contribution in [1.82, 2.24) is 15.4 Å². The van der Waals surface area contributed by atoms with E-state index in [1.54, 1.807) is 11.3 Å². The van der Waals surface area contributed by atoms with E-state index in [1.165, 1.54) is 4.88 Å². The lowest BCUT2D eigenvalue weighted by atomic mass is 10.1. The zero-order chi connectivity index (χ0) is 19.2. The second kappa shape index (κ2) is 9.17. The van der Waals surface area contributed by atoms with Crippen LogP contribution in [0.1, 0.15) is 54.0 Å². The van der Waals surface area contributed by atoms with Gasteiger partial charge < -0.3 is 14.7 Å². The van der Waals surface area contributed by atoms with Crippen LogP contribution in [-0.4, -0.2) is 34.5 Å². The third-order valence-electron chi connectivity index (χ3n) is 5.11. The van der Waals surface area contributed by atoms with Crippen LogP contribution in [0.4, 0.5) is 0 Å². The van der Waals surface area contributed by atoms with Gasteiger partial charge in [-0.2, -0.15) is 0 Å². The molecule has 1 saturated heterocycles. The summed E-state index contributed by atoms with van der Waals surface area (Å²) in [4.78, 5) is 27.9. The quantitative estimate of drug-likeness (QED) is 0.788. The van der Waals surface area contributed by atoms with Crippen molar-refractivity contribution >= 4 is 23.2 Å². The lowest BCUT2D eigenvalue weighted by molar-refractivity contribution is -0.131. The van der Waals surface area contributed by atoms with Gasteiger partial charge in [-0.25, -0.2) is 0 Å². The molecule has 2 amide bonds. The summed E-state index contributed by atoms with van der Waals surface area (Å²) >= 11 is 1.73. The van der Waals surface area contributed by atoms with E-state index in [-0.39, 0.29) is 17.9 Å². The van der Waals surface area contributed by atoms with Gasteiger partial charge in [-0.15, -0.1) is 11.3 Å². The van der Waals surface area contributed by atoms with Crippen molar-refractivity contribution in [3.8, 4) is 0 Å². The molecule has 3 rings (SSSR count). The first kappa shape index (κ1) is 19.6. The summed E-state index contributed by atoms with van der Waals surface area (Å²) < 4.78 is 5.20. The molecule has 1 aliphatic heterocycles. The van der Waals surface area contributed by atoms with E-state index < -0.39 is 0 Å². The number of hydrogen-bond acceptors (Lipinski definition) is 5. The first-order valence-corrected chi connectivity index (χ1v) is 10.4. The fourth-order valence-electron chi connectivity index (χ4n) is 3.44. The van der Waals surface area contributed by atoms with Crippen molar-refractivity contribution in [2.75, 3.05) is 6.54 Å². The summed E-state index contributed by atoms with van der Waals surface area (Å²) in [6, 6.07) is 4.21. The van der Waals surface area contributed by atoms with Gasteiger partial charge in [-0.05, 0) is 51.0 Å². The van der Waals surface area contributed by atoms with Crippen molar-refractivity contribution in [2.24, 2.45) is 0 Å². The molecule has 146 valence electrons. The molecule has 1 N–H and O–H groups in total. The van der Waals surface area contributed by atoms with Crippen LogP contribution in [0.25, 0.3) is 0 Å². The molecule has 2 aromatic heterocycles. The van der Waals surface area contributed by atoms with Gasteiger partial charge in [0.25, 0.3) is 0 Å². The fourth-order valence-corrected chi connectivity index (χ4v) is 4.20. The average Bonchev–Trinajstić information content (AvgIpc) is 3.22. The highest BCUT2D eigenvalue weighted by molar-refractivity contribution is 7.09. The van der Waals surface area contributed by atoms with E-state index in [2.05, 4.69) is 21.9 Å². The molecule has 1 fully saturated rings. The number of amides is 2. The van der Waals surface area contributed by atoms with Gasteiger partial charge in [0.05, 0.1) is 12.2 Å². The van der Waals surface area contributed by atoms with Crippen LogP contribution in [0.5, 0.6) is 0 Å². The molecule has 7 heteroatoms. The molecule has 0 radical (unpaired) electrons. The van der Waals surface area contributed by atoms with Crippen LogP contribution in [0.2, 0.25) is 0 Å². The minimum absolute atomic E-state index is 0.0675. The average molecular weight is 390 g/mol. The van der Waals surface area contributed by atoms with Crippen LogP contribution in [0, 0.1) is 13.8 Å². The Morgan fingerprint density at radius 2 is 2.26 bits per heavy atom. The van der Waals surface area contributed by atoms with Crippen molar-refractivity contribution in [2.45, 2.75) is 65.0 Å². The Hall–Kier alpha value is -2.15. The number of carbonyl (C=O) groups excluding carboxylic acids is 2. The molecule has 0 saturated carbocycles. The van der Waals surface area contributed by atoms with Gasteiger partial charge in [0.2, 0.25) is 11.8 Å². The number of likely N-dealkylation sites (tertiary alicyclic amines) is 1. The zero-order valence-electron chi connectivity index (χ0n) is 16.0. The number of thiophene rings is 1. The van der Waals surface area contributed by atoms with Gasteiger partial charge in [0.1, 0.15) is 5.76 Å². The van der Waals surface area contributed by atoms with Crippen LogP contribution >= 0.6 is 11.3 Å².